The molecule has 1 amide bonds. The molecule has 22 heavy (non-hydrogen) atoms. The number of nitrogens with zero attached hydrogens (tertiary/aromatic N) is 1. The Hall–Kier alpha value is -0.920. The van der Waals surface area contributed by atoms with Crippen molar-refractivity contribution in [1.82, 2.24) is 5.32 Å². The zero-order chi connectivity index (χ0) is 17.1. The van der Waals surface area contributed by atoms with Crippen LogP contribution in [0.15, 0.2) is 12.7 Å². The van der Waals surface area contributed by atoms with Crippen molar-refractivity contribution in [3.8, 4) is 0 Å². The van der Waals surface area contributed by atoms with Crippen LogP contribution in [0.5, 0.6) is 0 Å². The molecule has 0 radical (unpaired) electrons. The Morgan fingerprint density at radius 2 is 1.64 bits per heavy atom. The van der Waals surface area contributed by atoms with Gasteiger partial charge in [0, 0.05) is 6.54 Å². The molecule has 0 spiro atoms. The van der Waals surface area contributed by atoms with Gasteiger partial charge >= 0.3 is 0 Å². The number of hydrogen-bond acceptors (Lipinski definition) is 3. The molecule has 6 nitrogen and oxygen atoms in total. The predicted molar refractivity (Wildman–Crippen MR) is 89.2 cm³/mol. The fourth-order valence-corrected chi connectivity index (χ4v) is 2.81. The fraction of sp³-hybridized carbons (Fsp3) is 0.800. The average Bonchev–Trinajstić information content (AvgIpc) is 2.40. The average molecular weight is 335 g/mol. The Kier molecular flexibility index (Phi) is 10.3. The molecule has 0 atom stereocenters. The van der Waals surface area contributed by atoms with E-state index in [9.17, 15) is 13.2 Å². The van der Waals surface area contributed by atoms with Gasteiger partial charge in [0.2, 0.25) is 5.91 Å². The first-order valence-electron chi connectivity index (χ1n) is 7.84. The molecule has 0 aliphatic heterocycles. The SMILES string of the molecule is C=CC(=O)NCCCC[N+](C)(C)CCCCCCS(=O)(=O)O. The largest absolute Gasteiger partial charge is 0.353 e. The van der Waals surface area contributed by atoms with Gasteiger partial charge in [0.25, 0.3) is 10.1 Å². The van der Waals surface area contributed by atoms with Crippen LogP contribution in [0, 0.1) is 0 Å². The van der Waals surface area contributed by atoms with Crippen molar-refractivity contribution in [2.45, 2.75) is 38.5 Å². The van der Waals surface area contributed by atoms with Crippen LogP contribution in [0.3, 0.4) is 0 Å². The lowest BCUT2D eigenvalue weighted by Crippen LogP contribution is -2.41. The van der Waals surface area contributed by atoms with E-state index in [-0.39, 0.29) is 11.7 Å². The maximum Gasteiger partial charge on any atom is 0.264 e. The van der Waals surface area contributed by atoms with E-state index in [4.69, 9.17) is 4.55 Å². The fourth-order valence-electron chi connectivity index (χ4n) is 2.24. The third-order valence-corrected chi connectivity index (χ3v) is 4.40. The topological polar surface area (TPSA) is 83.5 Å². The van der Waals surface area contributed by atoms with E-state index in [1.54, 1.807) is 0 Å². The second kappa shape index (κ2) is 10.7. The molecule has 0 rings (SSSR count). The van der Waals surface area contributed by atoms with E-state index < -0.39 is 10.1 Å². The summed E-state index contributed by atoms with van der Waals surface area (Å²) in [6.45, 7) is 6.18. The summed E-state index contributed by atoms with van der Waals surface area (Å²) in [6.07, 6.45) is 6.66. The van der Waals surface area contributed by atoms with Crippen molar-refractivity contribution >= 4 is 16.0 Å². The molecular formula is C15H31N2O4S+. The van der Waals surface area contributed by atoms with Gasteiger partial charge in [-0.25, -0.2) is 0 Å². The molecule has 0 aromatic heterocycles. The molecule has 130 valence electrons. The Morgan fingerprint density at radius 1 is 1.09 bits per heavy atom. The lowest BCUT2D eigenvalue weighted by atomic mass is 10.2. The second-order valence-electron chi connectivity index (χ2n) is 6.29. The molecule has 0 aliphatic rings. The van der Waals surface area contributed by atoms with Gasteiger partial charge in [-0.3, -0.25) is 9.35 Å². The van der Waals surface area contributed by atoms with E-state index in [1.807, 2.05) is 0 Å². The van der Waals surface area contributed by atoms with Crippen LogP contribution < -0.4 is 5.32 Å². The third-order valence-electron chi connectivity index (χ3n) is 3.59. The van der Waals surface area contributed by atoms with Crippen molar-refractivity contribution < 1.29 is 22.2 Å². The minimum Gasteiger partial charge on any atom is -0.353 e. The molecule has 0 aromatic carbocycles. The molecule has 0 aromatic rings. The van der Waals surface area contributed by atoms with Crippen LogP contribution in [-0.4, -0.2) is 62.8 Å². The summed E-state index contributed by atoms with van der Waals surface area (Å²) in [5.74, 6) is -0.263. The summed E-state index contributed by atoms with van der Waals surface area (Å²) in [4.78, 5) is 11.0. The first kappa shape index (κ1) is 21.1. The predicted octanol–water partition coefficient (Wildman–Crippen LogP) is 1.59. The molecule has 0 saturated carbocycles. The van der Waals surface area contributed by atoms with E-state index in [0.717, 1.165) is 49.7 Å². The zero-order valence-electron chi connectivity index (χ0n) is 13.9. The lowest BCUT2D eigenvalue weighted by Gasteiger charge is -2.30. The summed E-state index contributed by atoms with van der Waals surface area (Å²) >= 11 is 0. The number of quaternary nitrogens is 1. The minimum absolute atomic E-state index is 0.126. The number of hydrogen-bond donors (Lipinski definition) is 2. The van der Waals surface area contributed by atoms with Gasteiger partial charge in [-0.15, -0.1) is 0 Å². The zero-order valence-corrected chi connectivity index (χ0v) is 14.7. The minimum atomic E-state index is -3.81. The number of nitrogens with one attached hydrogen (secondary N) is 1. The number of carbonyl (C=O) groups is 1. The van der Waals surface area contributed by atoms with Gasteiger partial charge in [-0.1, -0.05) is 13.0 Å². The van der Waals surface area contributed by atoms with E-state index in [2.05, 4.69) is 26.0 Å². The lowest BCUT2D eigenvalue weighted by molar-refractivity contribution is -0.890. The van der Waals surface area contributed by atoms with Crippen molar-refractivity contribution in [1.29, 1.82) is 0 Å². The first-order valence-corrected chi connectivity index (χ1v) is 9.45. The van der Waals surface area contributed by atoms with E-state index in [0.29, 0.717) is 13.0 Å². The number of amides is 1. The highest BCUT2D eigenvalue weighted by atomic mass is 32.2. The molecule has 0 fully saturated rings. The maximum absolute atomic E-state index is 11.0. The molecule has 0 bridgehead atoms. The van der Waals surface area contributed by atoms with Crippen LogP contribution in [0.2, 0.25) is 0 Å². The molecule has 0 aliphatic carbocycles. The van der Waals surface area contributed by atoms with Gasteiger partial charge in [-0.05, 0) is 38.2 Å². The number of rotatable bonds is 13. The molecule has 2 N–H and O–H groups in total. The smallest absolute Gasteiger partial charge is 0.264 e. The summed E-state index contributed by atoms with van der Waals surface area (Å²) in [5, 5.41) is 2.76. The molecule has 7 heteroatoms. The van der Waals surface area contributed by atoms with Crippen molar-refractivity contribution in [3.05, 3.63) is 12.7 Å². The Balaban J connectivity index is 3.60. The monoisotopic (exact) mass is 335 g/mol. The standard InChI is InChI=1S/C15H30N2O4S/c1-4-15(18)16-11-7-9-13-17(2,3)12-8-5-6-10-14-22(19,20)21/h4H,1,5-14H2,2-3H3,(H-,16,18,19,20,21)/p+1. The highest BCUT2D eigenvalue weighted by Gasteiger charge is 2.13. The van der Waals surface area contributed by atoms with Gasteiger partial charge in [0.15, 0.2) is 0 Å². The van der Waals surface area contributed by atoms with Crippen molar-refractivity contribution in [2.75, 3.05) is 39.5 Å². The van der Waals surface area contributed by atoms with Crippen molar-refractivity contribution in [3.63, 3.8) is 0 Å². The van der Waals surface area contributed by atoms with Crippen LogP contribution >= 0.6 is 0 Å². The molecule has 0 saturated heterocycles. The van der Waals surface area contributed by atoms with Crippen LogP contribution in [-0.2, 0) is 14.9 Å². The quantitative estimate of drug-likeness (QED) is 0.232. The van der Waals surface area contributed by atoms with Crippen LogP contribution in [0.4, 0.5) is 0 Å². The Bertz CT molecular complexity index is 433. The molecular weight excluding hydrogens is 304 g/mol. The van der Waals surface area contributed by atoms with Gasteiger partial charge in [0.1, 0.15) is 0 Å². The van der Waals surface area contributed by atoms with Gasteiger partial charge in [-0.2, -0.15) is 8.42 Å². The maximum atomic E-state index is 11.0. The summed E-state index contributed by atoms with van der Waals surface area (Å²) in [7, 11) is 0.557. The van der Waals surface area contributed by atoms with E-state index in [1.165, 1.54) is 6.08 Å². The number of carbonyl (C=O) groups excluding carboxylic acids is 1. The van der Waals surface area contributed by atoms with Gasteiger partial charge in [0.05, 0.1) is 32.9 Å². The summed E-state index contributed by atoms with van der Waals surface area (Å²) < 4.78 is 30.7. The second-order valence-corrected chi connectivity index (χ2v) is 7.86. The number of unbranched alkanes of at least 4 members (excludes halogenated alkanes) is 4. The van der Waals surface area contributed by atoms with Crippen LogP contribution in [0.25, 0.3) is 0 Å². The summed E-state index contributed by atoms with van der Waals surface area (Å²) in [5.41, 5.74) is 0. The van der Waals surface area contributed by atoms with Crippen LogP contribution in [0.1, 0.15) is 38.5 Å². The Labute approximate surface area is 134 Å². The summed E-state index contributed by atoms with van der Waals surface area (Å²) in [6, 6.07) is 0. The van der Waals surface area contributed by atoms with Crippen molar-refractivity contribution in [2.24, 2.45) is 0 Å². The first-order chi connectivity index (χ1) is 10.2. The molecule has 0 unspecified atom stereocenters. The Morgan fingerprint density at radius 3 is 2.18 bits per heavy atom. The van der Waals surface area contributed by atoms with Gasteiger partial charge < -0.3 is 9.80 Å². The third kappa shape index (κ3) is 14.0. The molecule has 0 heterocycles. The highest BCUT2D eigenvalue weighted by molar-refractivity contribution is 7.85. The normalized spacial score (nSPS) is 12.1. The van der Waals surface area contributed by atoms with E-state index >= 15 is 0 Å². The highest BCUT2D eigenvalue weighted by Crippen LogP contribution is 2.08.